The summed E-state index contributed by atoms with van der Waals surface area (Å²) in [4.78, 5) is -1.28. The maximum atomic E-state index is 12.4. The van der Waals surface area contributed by atoms with Crippen LogP contribution in [-0.4, -0.2) is 25.9 Å². The van der Waals surface area contributed by atoms with Gasteiger partial charge in [-0.25, -0.2) is 8.42 Å². The minimum absolute atomic E-state index is 0. The third-order valence-electron chi connectivity index (χ3n) is 4.12. The fourth-order valence-corrected chi connectivity index (χ4v) is 4.05. The van der Waals surface area contributed by atoms with Crippen LogP contribution in [0.4, 0.5) is 17.1 Å². The molecule has 3 aromatic rings. The van der Waals surface area contributed by atoms with Gasteiger partial charge in [-0.05, 0) is 42.1 Å². The molecule has 32 heavy (non-hydrogen) atoms. The van der Waals surface area contributed by atoms with Crippen molar-refractivity contribution in [3.63, 3.8) is 0 Å². The van der Waals surface area contributed by atoms with E-state index in [4.69, 9.17) is 17.3 Å². The summed E-state index contributed by atoms with van der Waals surface area (Å²) in [5.74, 6) is -0.847. The van der Waals surface area contributed by atoms with Crippen LogP contribution in [0, 0.1) is 6.92 Å². The summed E-state index contributed by atoms with van der Waals surface area (Å²) in [5, 5.41) is 20.1. The second-order valence-corrected chi connectivity index (χ2v) is 9.40. The molecule has 0 heterocycles. The molecule has 3 aromatic carbocycles. The third kappa shape index (κ3) is 6.21. The van der Waals surface area contributed by atoms with Crippen molar-refractivity contribution in [1.29, 1.82) is 0 Å². The molecule has 0 atom stereocenters. The number of azo groups is 1. The molecule has 3 N–H and O–H groups in total. The van der Waals surface area contributed by atoms with Crippen LogP contribution in [0.1, 0.15) is 5.56 Å². The van der Waals surface area contributed by atoms with Crippen LogP contribution in [-0.2, 0) is 20.2 Å². The molecule has 158 valence electrons. The van der Waals surface area contributed by atoms with Gasteiger partial charge in [-0.15, -0.1) is 10.2 Å². The van der Waals surface area contributed by atoms with Gasteiger partial charge in [0.2, 0.25) is 0 Å². The molecule has 15 heteroatoms. The number of rotatable bonds is 4. The molecule has 0 saturated carbocycles. The van der Waals surface area contributed by atoms with Gasteiger partial charge in [-0.3, -0.25) is 4.55 Å². The Hall–Kier alpha value is -0.770. The summed E-state index contributed by atoms with van der Waals surface area (Å²) >= 11 is 5.99. The Morgan fingerprint density at radius 2 is 1.66 bits per heavy atom. The molecule has 10 nitrogen and oxygen atoms in total. The van der Waals surface area contributed by atoms with E-state index in [1.807, 2.05) is 0 Å². The summed E-state index contributed by atoms with van der Waals surface area (Å²) < 4.78 is 66.4. The SMILES string of the molecule is Cc1cc(S(=O)(=O)O)c(N=Nc2c(N)ccc3cc(S(=O)(=O)[O-])cc([O-])c23)cc1Cl.[Na+].[Na+]. The standard InChI is InChI=1S/C17H14ClN3O7S2.2Na/c1-8-4-15(30(26,27)28)13(7-11(8)18)20-21-17-12(19)3-2-9-5-10(29(23,24)25)6-14(22)16(9)17;;/h2-7,22H,19H2,1H3,(H,23,24,25)(H,26,27,28);;/q;2*+1/p-2. The van der Waals surface area contributed by atoms with E-state index in [0.29, 0.717) is 11.6 Å². The van der Waals surface area contributed by atoms with Crippen molar-refractivity contribution < 1.29 is 90.2 Å². The van der Waals surface area contributed by atoms with Crippen molar-refractivity contribution in [2.45, 2.75) is 16.7 Å². The Labute approximate surface area is 233 Å². The summed E-state index contributed by atoms with van der Waals surface area (Å²) in [5.41, 5.74) is 5.71. The van der Waals surface area contributed by atoms with Gasteiger partial charge in [0.05, 0.1) is 10.6 Å². The molecule has 0 bridgehead atoms. The average Bonchev–Trinajstić information content (AvgIpc) is 2.61. The van der Waals surface area contributed by atoms with Crippen molar-refractivity contribution >= 4 is 59.7 Å². The summed E-state index contributed by atoms with van der Waals surface area (Å²) in [6.45, 7) is 1.52. The molecular formula is C17H12ClN3Na2O7S2. The quantitative estimate of drug-likeness (QED) is 0.159. The number of nitrogen functional groups attached to an aromatic ring is 1. The van der Waals surface area contributed by atoms with E-state index in [1.165, 1.54) is 19.1 Å². The number of hydrogen-bond acceptors (Lipinski definition) is 9. The molecule has 3 rings (SSSR count). The molecule has 0 aliphatic carbocycles. The van der Waals surface area contributed by atoms with Gasteiger partial charge < -0.3 is 15.4 Å². The third-order valence-corrected chi connectivity index (χ3v) is 6.23. The number of nitrogens with two attached hydrogens (primary N) is 1. The Morgan fingerprint density at radius 3 is 2.22 bits per heavy atom. The van der Waals surface area contributed by atoms with Gasteiger partial charge in [-0.2, -0.15) is 8.42 Å². The Balaban J connectivity index is 0.00000256. The predicted molar refractivity (Wildman–Crippen MR) is 106 cm³/mol. The van der Waals surface area contributed by atoms with Crippen LogP contribution < -0.4 is 70.0 Å². The fraction of sp³-hybridized carbons (Fsp3) is 0.0588. The van der Waals surface area contributed by atoms with Gasteiger partial charge in [-0.1, -0.05) is 29.5 Å². The van der Waals surface area contributed by atoms with E-state index < -0.39 is 35.8 Å². The van der Waals surface area contributed by atoms with E-state index in [9.17, 15) is 31.0 Å². The van der Waals surface area contributed by atoms with Gasteiger partial charge in [0.25, 0.3) is 10.1 Å². The summed E-state index contributed by atoms with van der Waals surface area (Å²) in [7, 11) is -9.54. The Bertz CT molecular complexity index is 1450. The van der Waals surface area contributed by atoms with Crippen molar-refractivity contribution in [2.75, 3.05) is 5.73 Å². The van der Waals surface area contributed by atoms with E-state index >= 15 is 0 Å². The summed E-state index contributed by atoms with van der Waals surface area (Å²) in [6, 6.07) is 6.52. The Kier molecular flexibility index (Phi) is 9.75. The monoisotopic (exact) mass is 515 g/mol. The van der Waals surface area contributed by atoms with E-state index in [1.54, 1.807) is 0 Å². The van der Waals surface area contributed by atoms with Crippen molar-refractivity contribution in [3.8, 4) is 5.75 Å². The molecule has 0 aliphatic rings. The molecule has 0 aliphatic heterocycles. The molecular weight excluding hydrogens is 504 g/mol. The largest absolute Gasteiger partial charge is 1.00 e. The molecule has 0 fully saturated rings. The predicted octanol–water partition coefficient (Wildman–Crippen LogP) is -2.97. The normalized spacial score (nSPS) is 11.9. The van der Waals surface area contributed by atoms with Crippen molar-refractivity contribution in [1.82, 2.24) is 0 Å². The molecule has 0 saturated heterocycles. The molecule has 0 amide bonds. The van der Waals surface area contributed by atoms with Crippen LogP contribution in [0.5, 0.6) is 5.75 Å². The van der Waals surface area contributed by atoms with Crippen LogP contribution in [0.3, 0.4) is 0 Å². The number of fused-ring (bicyclic) bond motifs is 1. The number of aryl methyl sites for hydroxylation is 1. The van der Waals surface area contributed by atoms with Crippen LogP contribution in [0.2, 0.25) is 5.02 Å². The van der Waals surface area contributed by atoms with Crippen LogP contribution in [0.15, 0.2) is 56.4 Å². The zero-order chi connectivity index (χ0) is 22.4. The molecule has 0 unspecified atom stereocenters. The van der Waals surface area contributed by atoms with Gasteiger partial charge in [0, 0.05) is 10.4 Å². The molecule has 0 radical (unpaired) electrons. The zero-order valence-electron chi connectivity index (χ0n) is 17.0. The number of halogens is 1. The second kappa shape index (κ2) is 10.7. The number of anilines is 1. The average molecular weight is 516 g/mol. The maximum Gasteiger partial charge on any atom is 1.00 e. The van der Waals surface area contributed by atoms with Crippen LogP contribution in [0.25, 0.3) is 10.8 Å². The van der Waals surface area contributed by atoms with Crippen LogP contribution >= 0.6 is 11.6 Å². The number of benzene rings is 3. The first-order valence-corrected chi connectivity index (χ1v) is 11.2. The number of hydrogen-bond donors (Lipinski definition) is 2. The van der Waals surface area contributed by atoms with Gasteiger partial charge in [0.15, 0.2) is 0 Å². The number of nitrogens with zero attached hydrogens (tertiary/aromatic N) is 2. The first-order chi connectivity index (χ1) is 13.8. The first kappa shape index (κ1) is 29.3. The first-order valence-electron chi connectivity index (χ1n) is 7.97. The molecule has 0 spiro atoms. The zero-order valence-corrected chi connectivity index (χ0v) is 23.4. The maximum absolute atomic E-state index is 12.4. The van der Waals surface area contributed by atoms with E-state index in [0.717, 1.165) is 18.2 Å². The minimum Gasteiger partial charge on any atom is -0.872 e. The van der Waals surface area contributed by atoms with Crippen molar-refractivity contribution in [3.05, 3.63) is 47.0 Å². The van der Waals surface area contributed by atoms with E-state index in [2.05, 4.69) is 10.2 Å². The topological polar surface area (TPSA) is 185 Å². The minimum atomic E-state index is -4.87. The fourth-order valence-electron chi connectivity index (χ4n) is 2.68. The smallest absolute Gasteiger partial charge is 0.872 e. The van der Waals surface area contributed by atoms with Gasteiger partial charge in [0.1, 0.15) is 26.4 Å². The molecule has 0 aromatic heterocycles. The van der Waals surface area contributed by atoms with Gasteiger partial charge >= 0.3 is 59.1 Å². The summed E-state index contributed by atoms with van der Waals surface area (Å²) in [6.07, 6.45) is 0. The van der Waals surface area contributed by atoms with E-state index in [-0.39, 0.29) is 92.0 Å². The Morgan fingerprint density at radius 1 is 1.03 bits per heavy atom. The van der Waals surface area contributed by atoms with Crippen molar-refractivity contribution in [2.24, 2.45) is 10.2 Å². The second-order valence-electron chi connectivity index (χ2n) is 6.22.